The number of hydrogen-bond acceptors (Lipinski definition) is 6. The van der Waals surface area contributed by atoms with E-state index in [4.69, 9.17) is 19.9 Å². The van der Waals surface area contributed by atoms with Crippen molar-refractivity contribution in [3.05, 3.63) is 266 Å². The number of hydrogen-bond donors (Lipinski definition) is 0. The first kappa shape index (κ1) is 45.5. The highest BCUT2D eigenvalue weighted by Crippen LogP contribution is 2.49. The van der Waals surface area contributed by atoms with E-state index in [1.807, 2.05) is 128 Å². The zero-order chi connectivity index (χ0) is 52.1. The molecule has 8 nitrogen and oxygen atoms in total. The van der Waals surface area contributed by atoms with E-state index in [0.29, 0.717) is 28.6 Å². The third-order valence-corrected chi connectivity index (χ3v) is 14.8. The first-order valence-corrected chi connectivity index (χ1v) is 25.7. The van der Waals surface area contributed by atoms with Crippen LogP contribution in [-0.2, 0) is 0 Å². The summed E-state index contributed by atoms with van der Waals surface area (Å²) in [5, 5.41) is 24.7. The van der Waals surface area contributed by atoms with Gasteiger partial charge in [0.15, 0.2) is 17.5 Å². The number of para-hydroxylation sites is 2. The van der Waals surface area contributed by atoms with E-state index in [0.717, 1.165) is 116 Å². The van der Waals surface area contributed by atoms with E-state index < -0.39 is 0 Å². The predicted octanol–water partition coefficient (Wildman–Crippen LogP) is 16.9. The van der Waals surface area contributed by atoms with Crippen LogP contribution in [0.15, 0.2) is 255 Å². The normalized spacial score (nSPS) is 11.3. The molecule has 0 aliphatic carbocycles. The molecule has 0 atom stereocenters. The molecule has 14 rings (SSSR count). The highest BCUT2D eigenvalue weighted by Gasteiger charge is 2.28. The molecule has 0 fully saturated rings. The molecule has 4 heterocycles. The number of aromatic nitrogens is 6. The predicted molar refractivity (Wildman–Crippen MR) is 314 cm³/mol. The summed E-state index contributed by atoms with van der Waals surface area (Å²) < 4.78 is 4.75. The van der Waals surface area contributed by atoms with Crippen molar-refractivity contribution in [2.45, 2.75) is 0 Å². The summed E-state index contributed by atoms with van der Waals surface area (Å²) in [5.74, 6) is 1.61. The van der Waals surface area contributed by atoms with Crippen molar-refractivity contribution >= 4 is 43.6 Å². The largest absolute Gasteiger partial charge is 0.309 e. The van der Waals surface area contributed by atoms with Crippen molar-refractivity contribution < 1.29 is 0 Å². The Labute approximate surface area is 449 Å². The Hall–Kier alpha value is -11.1. The first-order chi connectivity index (χ1) is 38.6. The lowest BCUT2D eigenvalue weighted by Crippen LogP contribution is -2.06. The molecule has 0 unspecified atom stereocenters. The minimum Gasteiger partial charge on any atom is -0.309 e. The van der Waals surface area contributed by atoms with Gasteiger partial charge in [-0.3, -0.25) is 4.98 Å². The topological polar surface area (TPSA) is 109 Å². The standard InChI is InChI=1S/C70H42N8/c71-42-49-22-7-9-25-52(49)47-35-37-62-58(40-47)55-27-11-13-31-60(55)77(62)64-33-15-29-54(51-24-17-39-73-44-51)66(64)67-57(70-75-68(45-18-3-1-4-19-45)74-69(76-70)46-20-5-2-6-21-46)30-16-34-65(67)78-61-32-14-12-28-56(61)59-41-48(36-38-63(59)78)53-26-10-8-23-50(53)43-72/h1-41,44H. The van der Waals surface area contributed by atoms with Gasteiger partial charge in [0.2, 0.25) is 0 Å². The van der Waals surface area contributed by atoms with Gasteiger partial charge in [0, 0.05) is 67.3 Å². The van der Waals surface area contributed by atoms with Gasteiger partial charge in [-0.15, -0.1) is 0 Å². The second-order valence-corrected chi connectivity index (χ2v) is 19.2. The molecule has 0 radical (unpaired) electrons. The summed E-state index contributed by atoms with van der Waals surface area (Å²) in [7, 11) is 0. The summed E-state index contributed by atoms with van der Waals surface area (Å²) in [6.45, 7) is 0. The van der Waals surface area contributed by atoms with Crippen LogP contribution in [0.25, 0.3) is 134 Å². The van der Waals surface area contributed by atoms with E-state index in [-0.39, 0.29) is 0 Å². The quantitative estimate of drug-likeness (QED) is 0.142. The molecule has 0 N–H and O–H groups in total. The molecular formula is C70H42N8. The van der Waals surface area contributed by atoms with E-state index in [9.17, 15) is 10.5 Å². The minimum absolute atomic E-state index is 0.505. The van der Waals surface area contributed by atoms with Crippen molar-refractivity contribution in [1.82, 2.24) is 29.1 Å². The molecule has 10 aromatic carbocycles. The van der Waals surface area contributed by atoms with Crippen LogP contribution in [0.5, 0.6) is 0 Å². The fourth-order valence-electron chi connectivity index (χ4n) is 11.3. The van der Waals surface area contributed by atoms with E-state index in [1.54, 1.807) is 0 Å². The number of fused-ring (bicyclic) bond motifs is 6. The average Bonchev–Trinajstić information content (AvgIpc) is 4.25. The van der Waals surface area contributed by atoms with Gasteiger partial charge in [0.25, 0.3) is 0 Å². The van der Waals surface area contributed by atoms with Crippen molar-refractivity contribution in [3.8, 4) is 102 Å². The van der Waals surface area contributed by atoms with Crippen molar-refractivity contribution in [2.75, 3.05) is 0 Å². The molecule has 78 heavy (non-hydrogen) atoms. The summed E-state index contributed by atoms with van der Waals surface area (Å²) in [5.41, 5.74) is 17.0. The second kappa shape index (κ2) is 19.0. The van der Waals surface area contributed by atoms with Crippen LogP contribution in [0.3, 0.4) is 0 Å². The Bertz CT molecular complexity index is 4700. The Morgan fingerprint density at radius 3 is 1.24 bits per heavy atom. The molecular weight excluding hydrogens is 953 g/mol. The van der Waals surface area contributed by atoms with Gasteiger partial charge < -0.3 is 9.13 Å². The van der Waals surface area contributed by atoms with Crippen LogP contribution >= 0.6 is 0 Å². The number of benzene rings is 10. The number of nitriles is 2. The van der Waals surface area contributed by atoms with Crippen LogP contribution in [0, 0.1) is 22.7 Å². The zero-order valence-corrected chi connectivity index (χ0v) is 41.8. The fourth-order valence-corrected chi connectivity index (χ4v) is 11.3. The fraction of sp³-hybridized carbons (Fsp3) is 0. The van der Waals surface area contributed by atoms with Crippen LogP contribution in [0.4, 0.5) is 0 Å². The lowest BCUT2D eigenvalue weighted by molar-refractivity contribution is 1.07. The Balaban J connectivity index is 1.14. The lowest BCUT2D eigenvalue weighted by Gasteiger charge is -2.24. The summed E-state index contributed by atoms with van der Waals surface area (Å²) in [6.07, 6.45) is 3.74. The summed E-state index contributed by atoms with van der Waals surface area (Å²) in [6, 6.07) is 87.8. The molecule has 0 amide bonds. The van der Waals surface area contributed by atoms with Gasteiger partial charge in [-0.25, -0.2) is 15.0 Å². The van der Waals surface area contributed by atoms with Crippen LogP contribution in [0.2, 0.25) is 0 Å². The van der Waals surface area contributed by atoms with Crippen LogP contribution in [0.1, 0.15) is 11.1 Å². The lowest BCUT2D eigenvalue weighted by atomic mass is 9.88. The molecule has 362 valence electrons. The van der Waals surface area contributed by atoms with Crippen LogP contribution < -0.4 is 0 Å². The summed E-state index contributed by atoms with van der Waals surface area (Å²) >= 11 is 0. The van der Waals surface area contributed by atoms with Gasteiger partial charge in [-0.05, 0) is 94.5 Å². The van der Waals surface area contributed by atoms with E-state index in [2.05, 4.69) is 149 Å². The summed E-state index contributed by atoms with van der Waals surface area (Å²) in [4.78, 5) is 20.8. The van der Waals surface area contributed by atoms with Crippen molar-refractivity contribution in [3.63, 3.8) is 0 Å². The Kier molecular flexibility index (Phi) is 11.1. The van der Waals surface area contributed by atoms with Gasteiger partial charge >= 0.3 is 0 Å². The molecule has 0 spiro atoms. The zero-order valence-electron chi connectivity index (χ0n) is 41.8. The van der Waals surface area contributed by atoms with Crippen LogP contribution in [-0.4, -0.2) is 29.1 Å². The maximum absolute atomic E-state index is 10.2. The van der Waals surface area contributed by atoms with E-state index >= 15 is 0 Å². The van der Waals surface area contributed by atoms with Gasteiger partial charge in [0.1, 0.15) is 0 Å². The number of nitrogens with zero attached hydrogens (tertiary/aromatic N) is 8. The molecule has 0 aliphatic rings. The highest BCUT2D eigenvalue weighted by molar-refractivity contribution is 6.14. The Morgan fingerprint density at radius 2 is 0.731 bits per heavy atom. The van der Waals surface area contributed by atoms with Gasteiger partial charge in [0.05, 0.1) is 56.7 Å². The van der Waals surface area contributed by atoms with Crippen molar-refractivity contribution in [1.29, 1.82) is 10.5 Å². The maximum Gasteiger partial charge on any atom is 0.164 e. The first-order valence-electron chi connectivity index (χ1n) is 25.7. The smallest absolute Gasteiger partial charge is 0.164 e. The molecule has 0 aliphatic heterocycles. The third kappa shape index (κ3) is 7.60. The van der Waals surface area contributed by atoms with Gasteiger partial charge in [-0.1, -0.05) is 176 Å². The molecule has 4 aromatic heterocycles. The molecule has 8 heteroatoms. The van der Waals surface area contributed by atoms with E-state index in [1.165, 1.54) is 0 Å². The van der Waals surface area contributed by atoms with Gasteiger partial charge in [-0.2, -0.15) is 10.5 Å². The SMILES string of the molecule is N#Cc1ccccc1-c1ccc2c(c1)c1ccccc1n2-c1cccc(-c2cccnc2)c1-c1c(-c2nc(-c3ccccc3)nc(-c3ccccc3)n2)cccc1-n1c2ccccc2c2cc(-c3ccccc3C#N)ccc21. The monoisotopic (exact) mass is 994 g/mol. The molecule has 0 saturated carbocycles. The molecule has 0 bridgehead atoms. The number of pyridine rings is 1. The maximum atomic E-state index is 10.2. The Morgan fingerprint density at radius 1 is 0.308 bits per heavy atom. The number of rotatable bonds is 9. The third-order valence-electron chi connectivity index (χ3n) is 14.8. The average molecular weight is 995 g/mol. The van der Waals surface area contributed by atoms with Crippen molar-refractivity contribution in [2.24, 2.45) is 0 Å². The minimum atomic E-state index is 0.505. The second-order valence-electron chi connectivity index (χ2n) is 19.2. The molecule has 0 saturated heterocycles. The highest BCUT2D eigenvalue weighted by atomic mass is 15.0. The molecule has 14 aromatic rings.